The molecule has 0 radical (unpaired) electrons. The fourth-order valence-corrected chi connectivity index (χ4v) is 9.62. The Morgan fingerprint density at radius 1 is 0.783 bits per heavy atom. The number of nitrogens with two attached hydrogens (primary N) is 4. The summed E-state index contributed by atoms with van der Waals surface area (Å²) in [7, 11) is 2.05. The van der Waals surface area contributed by atoms with Gasteiger partial charge in [-0.3, -0.25) is 52.7 Å². The van der Waals surface area contributed by atoms with Crippen LogP contribution in [-0.4, -0.2) is 148 Å². The Kier molecular flexibility index (Phi) is 23.0. The molecule has 3 rings (SSSR count). The summed E-state index contributed by atoms with van der Waals surface area (Å²) in [5.41, 5.74) is 22.9. The average Bonchev–Trinajstić information content (AvgIpc) is 3.78. The van der Waals surface area contributed by atoms with Crippen LogP contribution in [-0.2, 0) is 59.2 Å². The van der Waals surface area contributed by atoms with E-state index in [0.717, 1.165) is 21.6 Å². The summed E-state index contributed by atoms with van der Waals surface area (Å²) in [5.74, 6) is -10.4. The molecule has 0 aromatic heterocycles. The first-order valence-electron chi connectivity index (χ1n) is 22.5. The molecule has 24 nitrogen and oxygen atoms in total. The van der Waals surface area contributed by atoms with E-state index in [0.29, 0.717) is 18.4 Å². The van der Waals surface area contributed by atoms with Crippen molar-refractivity contribution in [2.45, 2.75) is 127 Å². The second-order valence-electron chi connectivity index (χ2n) is 17.4. The van der Waals surface area contributed by atoms with Crippen LogP contribution >= 0.6 is 21.6 Å². The highest BCUT2D eigenvalue weighted by molar-refractivity contribution is 8.76. The molecular formula is C43H66N12O12S2. The summed E-state index contributed by atoms with van der Waals surface area (Å²) in [4.78, 5) is 148. The summed E-state index contributed by atoms with van der Waals surface area (Å²) in [6.07, 6.45) is -0.694. The topological polar surface area (TPSA) is 400 Å². The summed E-state index contributed by atoms with van der Waals surface area (Å²) in [5, 5.41) is 27.7. The summed E-state index contributed by atoms with van der Waals surface area (Å²) < 4.78 is 0. The van der Waals surface area contributed by atoms with Crippen LogP contribution in [0.3, 0.4) is 0 Å². The predicted molar refractivity (Wildman–Crippen MR) is 254 cm³/mol. The number of amides is 11. The molecule has 0 spiro atoms. The highest BCUT2D eigenvalue weighted by Gasteiger charge is 2.41. The second kappa shape index (κ2) is 27.7. The van der Waals surface area contributed by atoms with Gasteiger partial charge in [0.2, 0.25) is 65.0 Å². The second-order valence-corrected chi connectivity index (χ2v) is 20.0. The van der Waals surface area contributed by atoms with Gasteiger partial charge in [-0.2, -0.15) is 0 Å². The zero-order valence-corrected chi connectivity index (χ0v) is 40.7. The molecule has 1 aromatic carbocycles. The smallest absolute Gasteiger partial charge is 0.246 e. The Hall–Kier alpha value is -6.15. The number of nitrogens with zero attached hydrogens (tertiary/aromatic N) is 1. The number of aromatic hydroxyl groups is 1. The highest BCUT2D eigenvalue weighted by atomic mass is 33.1. The third-order valence-electron chi connectivity index (χ3n) is 11.3. The maximum absolute atomic E-state index is 14.5. The van der Waals surface area contributed by atoms with Gasteiger partial charge in [-0.1, -0.05) is 67.8 Å². The number of rotatable bonds is 17. The van der Waals surface area contributed by atoms with E-state index in [1.54, 1.807) is 13.8 Å². The Labute approximate surface area is 407 Å². The molecule has 2 aliphatic heterocycles. The van der Waals surface area contributed by atoms with Crippen LogP contribution in [0.1, 0.15) is 78.2 Å². The summed E-state index contributed by atoms with van der Waals surface area (Å²) in [6, 6.07) is -5.05. The van der Waals surface area contributed by atoms with Gasteiger partial charge in [-0.15, -0.1) is 0 Å². The van der Waals surface area contributed by atoms with Crippen LogP contribution in [0.15, 0.2) is 24.3 Å². The first-order chi connectivity index (χ1) is 32.5. The number of phenolic OH excluding ortho intramolecular Hbond substituents is 1. The molecule has 0 saturated carbocycles. The van der Waals surface area contributed by atoms with Crippen LogP contribution in [0.4, 0.5) is 0 Å². The van der Waals surface area contributed by atoms with Gasteiger partial charge in [0, 0.05) is 30.9 Å². The van der Waals surface area contributed by atoms with E-state index in [-0.39, 0.29) is 49.0 Å². The average molecular weight is 1010 g/mol. The molecule has 69 heavy (non-hydrogen) atoms. The molecule has 26 heteroatoms. The van der Waals surface area contributed by atoms with Crippen LogP contribution < -0.4 is 60.2 Å². The lowest BCUT2D eigenvalue weighted by Crippen LogP contribution is -2.61. The van der Waals surface area contributed by atoms with Crippen LogP contribution in [0.5, 0.6) is 5.75 Å². The zero-order valence-electron chi connectivity index (χ0n) is 39.1. The molecule has 11 amide bonds. The number of carbonyl (C=O) groups excluding carboxylic acids is 11. The van der Waals surface area contributed by atoms with Crippen LogP contribution in [0.2, 0.25) is 0 Å². The first-order valence-corrected chi connectivity index (χ1v) is 25.0. The molecule has 382 valence electrons. The molecule has 0 bridgehead atoms. The van der Waals surface area contributed by atoms with Crippen molar-refractivity contribution in [3.8, 4) is 5.75 Å². The molecule has 1 aromatic rings. The molecular weight excluding hydrogens is 941 g/mol. The first kappa shape index (κ1) is 57.2. The Morgan fingerprint density at radius 2 is 1.39 bits per heavy atom. The minimum atomic E-state index is -1.75. The van der Waals surface area contributed by atoms with Crippen LogP contribution in [0.25, 0.3) is 0 Å². The van der Waals surface area contributed by atoms with Gasteiger partial charge >= 0.3 is 0 Å². The monoisotopic (exact) mass is 1010 g/mol. The van der Waals surface area contributed by atoms with Crippen molar-refractivity contribution in [3.05, 3.63) is 29.8 Å². The zero-order chi connectivity index (χ0) is 51.5. The van der Waals surface area contributed by atoms with E-state index in [9.17, 15) is 57.8 Å². The lowest BCUT2D eigenvalue weighted by atomic mass is 9.96. The lowest BCUT2D eigenvalue weighted by Gasteiger charge is -2.31. The number of carbonyl (C=O) groups is 11. The molecule has 2 fully saturated rings. The summed E-state index contributed by atoms with van der Waals surface area (Å²) >= 11 is 0. The van der Waals surface area contributed by atoms with E-state index < -0.39 is 145 Å². The predicted octanol–water partition coefficient (Wildman–Crippen LogP) is -3.61. The van der Waals surface area contributed by atoms with E-state index in [1.165, 1.54) is 29.2 Å². The normalized spacial score (nSPS) is 24.3. The molecule has 0 unspecified atom stereocenters. The highest BCUT2D eigenvalue weighted by Crippen LogP contribution is 2.26. The Balaban J connectivity index is 2.05. The maximum Gasteiger partial charge on any atom is 0.246 e. The number of benzene rings is 1. The standard InChI is InChI=1S/C43H66N12O12S2/c1-5-22(4)35-42(66)49-26(12-13-32(45)57)38(62)51-29(17-33(46)58)39(63)53-30(20-69-68-19-25(44)36(60)50-28(40(64)54-35)16-23-8-10-24(56)11-9-23)43(67)55-14-6-7-31(55)41(65)52-27(15-21(2)3)37(61)48-18-34(47)59/h8-11,21-22,25-31,35,56H,5-7,12-20,44H2,1-4H3,(H2,45,57)(H2,46,58)(H2,47,59)(H,48,61)(H,49,66)(H,50,60)(H,51,62)(H,52,65)(H,53,63)(H,54,64)/t22-,25-,26-,27-,28-,29-,30-,31-,35-/m1/s1. The number of likely N-dealkylation sites (tertiary alicyclic amines) is 1. The van der Waals surface area contributed by atoms with Gasteiger partial charge in [0.25, 0.3) is 0 Å². The molecule has 2 heterocycles. The third kappa shape index (κ3) is 18.7. The lowest BCUT2D eigenvalue weighted by molar-refractivity contribution is -0.142. The molecule has 9 atom stereocenters. The number of nitrogens with one attached hydrogen (secondary N) is 7. The van der Waals surface area contributed by atoms with Crippen molar-refractivity contribution in [1.82, 2.24) is 42.1 Å². The fraction of sp³-hybridized carbons (Fsp3) is 0.605. The van der Waals surface area contributed by atoms with Crippen LogP contribution in [0, 0.1) is 11.8 Å². The number of phenols is 1. The molecule has 2 aliphatic rings. The van der Waals surface area contributed by atoms with Gasteiger partial charge in [0.1, 0.15) is 48.0 Å². The molecule has 0 aliphatic carbocycles. The Morgan fingerprint density at radius 3 is 2.00 bits per heavy atom. The fourth-order valence-electron chi connectivity index (χ4n) is 7.34. The van der Waals surface area contributed by atoms with Gasteiger partial charge in [0.15, 0.2) is 0 Å². The van der Waals surface area contributed by atoms with Crippen molar-refractivity contribution < 1.29 is 57.8 Å². The van der Waals surface area contributed by atoms with E-state index in [2.05, 4.69) is 37.2 Å². The van der Waals surface area contributed by atoms with Gasteiger partial charge in [-0.25, -0.2) is 0 Å². The van der Waals surface area contributed by atoms with Crippen molar-refractivity contribution >= 4 is 86.6 Å². The van der Waals surface area contributed by atoms with Crippen molar-refractivity contribution in [2.75, 3.05) is 24.6 Å². The van der Waals surface area contributed by atoms with Crippen molar-refractivity contribution in [1.29, 1.82) is 0 Å². The SMILES string of the molecule is CC[C@@H](C)[C@H]1NC(=O)[C@@H](Cc2ccc(O)cc2)NC(=O)[C@H](N)CSSC[C@H](C(=O)N2CCC[C@@H]2C(=O)N[C@H](CC(C)C)C(=O)NCC(N)=O)NC(=O)[C@@H](CC(N)=O)NC(=O)[C@@H](CCC(N)=O)NC1=O. The third-order valence-corrected chi connectivity index (χ3v) is 13.7. The van der Waals surface area contributed by atoms with E-state index in [1.807, 2.05) is 13.8 Å². The maximum atomic E-state index is 14.5. The number of primary amides is 3. The van der Waals surface area contributed by atoms with Gasteiger partial charge in [0.05, 0.1) is 19.0 Å². The number of hydrogen-bond donors (Lipinski definition) is 12. The van der Waals surface area contributed by atoms with E-state index in [4.69, 9.17) is 22.9 Å². The van der Waals surface area contributed by atoms with E-state index >= 15 is 0 Å². The summed E-state index contributed by atoms with van der Waals surface area (Å²) in [6.45, 7) is 6.60. The molecule has 2 saturated heterocycles. The van der Waals surface area contributed by atoms with Gasteiger partial charge < -0.3 is 70.2 Å². The Bertz CT molecular complexity index is 2050. The number of hydrogen-bond acceptors (Lipinski definition) is 15. The quantitative estimate of drug-likeness (QED) is 0.0671. The largest absolute Gasteiger partial charge is 0.508 e. The van der Waals surface area contributed by atoms with Crippen molar-refractivity contribution in [3.63, 3.8) is 0 Å². The van der Waals surface area contributed by atoms with Gasteiger partial charge in [-0.05, 0) is 55.2 Å². The van der Waals surface area contributed by atoms with Crippen molar-refractivity contribution in [2.24, 2.45) is 34.8 Å². The minimum Gasteiger partial charge on any atom is -0.508 e. The minimum absolute atomic E-state index is 0.0468. The molecule has 16 N–H and O–H groups in total.